The summed E-state index contributed by atoms with van der Waals surface area (Å²) < 4.78 is 11.1. The number of morpholine rings is 1. The highest BCUT2D eigenvalue weighted by Crippen LogP contribution is 2.22. The summed E-state index contributed by atoms with van der Waals surface area (Å²) in [5.74, 6) is -0.271. The minimum absolute atomic E-state index is 0.0782. The Bertz CT molecular complexity index is 572. The molecule has 24 heavy (non-hydrogen) atoms. The van der Waals surface area contributed by atoms with Gasteiger partial charge in [-0.2, -0.15) is 0 Å². The second-order valence-corrected chi connectivity index (χ2v) is 6.29. The molecule has 6 nitrogen and oxygen atoms in total. The molecule has 130 valence electrons. The van der Waals surface area contributed by atoms with Gasteiger partial charge in [0.2, 0.25) is 11.8 Å². The molecule has 2 aliphatic rings. The average molecular weight is 332 g/mol. The van der Waals surface area contributed by atoms with Crippen LogP contribution >= 0.6 is 0 Å². The molecule has 0 aliphatic carbocycles. The Balaban J connectivity index is 1.56. The van der Waals surface area contributed by atoms with E-state index in [0.717, 1.165) is 18.4 Å². The number of hydrogen-bond acceptors (Lipinski definition) is 4. The van der Waals surface area contributed by atoms with Gasteiger partial charge in [0.1, 0.15) is 18.2 Å². The Hall–Kier alpha value is -1.92. The minimum atomic E-state index is -0.559. The van der Waals surface area contributed by atoms with E-state index in [0.29, 0.717) is 26.3 Å². The van der Waals surface area contributed by atoms with Gasteiger partial charge in [-0.15, -0.1) is 0 Å². The van der Waals surface area contributed by atoms with E-state index >= 15 is 0 Å². The monoisotopic (exact) mass is 332 g/mol. The van der Waals surface area contributed by atoms with Crippen LogP contribution in [0.2, 0.25) is 0 Å². The predicted molar refractivity (Wildman–Crippen MR) is 88.3 cm³/mol. The van der Waals surface area contributed by atoms with Gasteiger partial charge >= 0.3 is 0 Å². The fourth-order valence-corrected chi connectivity index (χ4v) is 3.15. The lowest BCUT2D eigenvalue weighted by Crippen LogP contribution is -2.52. The molecule has 2 heterocycles. The van der Waals surface area contributed by atoms with Crippen LogP contribution in [0.4, 0.5) is 0 Å². The van der Waals surface area contributed by atoms with Gasteiger partial charge in [0.25, 0.3) is 0 Å². The number of nitrogens with zero attached hydrogens (tertiary/aromatic N) is 1. The maximum atomic E-state index is 12.6. The highest BCUT2D eigenvalue weighted by Gasteiger charge is 2.31. The molecule has 0 radical (unpaired) electrons. The molecule has 1 aromatic rings. The van der Waals surface area contributed by atoms with Crippen molar-refractivity contribution in [2.45, 2.75) is 38.0 Å². The molecular weight excluding hydrogens is 308 g/mol. The summed E-state index contributed by atoms with van der Waals surface area (Å²) in [7, 11) is 0. The largest absolute Gasteiger partial charge is 0.370 e. The van der Waals surface area contributed by atoms with E-state index in [4.69, 9.17) is 9.47 Å². The number of hydrogen-bond donors (Lipinski definition) is 1. The van der Waals surface area contributed by atoms with E-state index in [9.17, 15) is 9.59 Å². The fourth-order valence-electron chi connectivity index (χ4n) is 3.15. The van der Waals surface area contributed by atoms with E-state index < -0.39 is 12.1 Å². The summed E-state index contributed by atoms with van der Waals surface area (Å²) in [6.45, 7) is 3.88. The van der Waals surface area contributed by atoms with Crippen molar-refractivity contribution in [3.05, 3.63) is 35.9 Å². The number of amides is 2. The molecular formula is C18H24N2O4. The fraction of sp³-hybridized carbons (Fsp3) is 0.556. The minimum Gasteiger partial charge on any atom is -0.370 e. The third-order valence-electron chi connectivity index (χ3n) is 4.50. The molecule has 0 bridgehead atoms. The molecule has 0 saturated carbocycles. The lowest BCUT2D eigenvalue weighted by atomic mass is 10.1. The van der Waals surface area contributed by atoms with Crippen LogP contribution in [0.3, 0.4) is 0 Å². The zero-order chi connectivity index (χ0) is 16.9. The van der Waals surface area contributed by atoms with E-state index in [-0.39, 0.29) is 17.9 Å². The van der Waals surface area contributed by atoms with E-state index in [1.165, 1.54) is 0 Å². The van der Waals surface area contributed by atoms with Crippen molar-refractivity contribution >= 4 is 11.8 Å². The van der Waals surface area contributed by atoms with Gasteiger partial charge in [-0.05, 0) is 25.3 Å². The molecule has 3 rings (SSSR count). The van der Waals surface area contributed by atoms with Crippen LogP contribution in [0.1, 0.15) is 31.4 Å². The van der Waals surface area contributed by atoms with Crippen LogP contribution in [-0.2, 0) is 19.1 Å². The summed E-state index contributed by atoms with van der Waals surface area (Å²) in [6, 6.07) is 9.32. The van der Waals surface area contributed by atoms with Crippen LogP contribution < -0.4 is 5.32 Å². The van der Waals surface area contributed by atoms with Crippen LogP contribution in [0.5, 0.6) is 0 Å². The Morgan fingerprint density at radius 1 is 1.21 bits per heavy atom. The first-order valence-electron chi connectivity index (χ1n) is 8.52. The van der Waals surface area contributed by atoms with Crippen molar-refractivity contribution < 1.29 is 19.1 Å². The highest BCUT2D eigenvalue weighted by atomic mass is 16.5. The first kappa shape index (κ1) is 16.9. The molecule has 2 amide bonds. The number of benzene rings is 1. The van der Waals surface area contributed by atoms with Gasteiger partial charge in [0, 0.05) is 13.2 Å². The van der Waals surface area contributed by atoms with E-state index in [2.05, 4.69) is 5.32 Å². The molecule has 6 heteroatoms. The molecule has 2 saturated heterocycles. The second kappa shape index (κ2) is 7.77. The van der Waals surface area contributed by atoms with Gasteiger partial charge in [-0.3, -0.25) is 9.59 Å². The number of ether oxygens (including phenoxy) is 2. The molecule has 2 unspecified atom stereocenters. The Labute approximate surface area is 142 Å². The number of nitrogens with one attached hydrogen (secondary N) is 1. The van der Waals surface area contributed by atoms with Crippen LogP contribution in [0.25, 0.3) is 0 Å². The lowest BCUT2D eigenvalue weighted by molar-refractivity contribution is -0.144. The molecule has 2 fully saturated rings. The lowest BCUT2D eigenvalue weighted by Gasteiger charge is -2.34. The smallest absolute Gasteiger partial charge is 0.249 e. The van der Waals surface area contributed by atoms with Crippen molar-refractivity contribution in [1.29, 1.82) is 0 Å². The molecule has 3 atom stereocenters. The van der Waals surface area contributed by atoms with Crippen molar-refractivity contribution in [2.75, 3.05) is 26.3 Å². The van der Waals surface area contributed by atoms with Crippen molar-refractivity contribution in [1.82, 2.24) is 10.2 Å². The third kappa shape index (κ3) is 3.94. The zero-order valence-corrected chi connectivity index (χ0v) is 13.9. The first-order chi connectivity index (χ1) is 11.6. The van der Waals surface area contributed by atoms with Crippen molar-refractivity contribution in [2.24, 2.45) is 0 Å². The Morgan fingerprint density at radius 2 is 2.00 bits per heavy atom. The Kier molecular flexibility index (Phi) is 5.48. The average Bonchev–Trinajstić information content (AvgIpc) is 3.17. The number of carbonyl (C=O) groups is 2. The normalized spacial score (nSPS) is 25.3. The van der Waals surface area contributed by atoms with Gasteiger partial charge in [-0.1, -0.05) is 30.3 Å². The highest BCUT2D eigenvalue weighted by molar-refractivity contribution is 5.89. The number of rotatable bonds is 4. The SMILES string of the molecule is C[C@@H](NC(=O)C1CCCO1)C(=O)N1CCOC(c2ccccc2)C1. The summed E-state index contributed by atoms with van der Waals surface area (Å²) in [5, 5.41) is 2.78. The van der Waals surface area contributed by atoms with Gasteiger partial charge < -0.3 is 19.7 Å². The van der Waals surface area contributed by atoms with Crippen molar-refractivity contribution in [3.63, 3.8) is 0 Å². The van der Waals surface area contributed by atoms with Gasteiger partial charge in [0.05, 0.1) is 13.2 Å². The van der Waals surface area contributed by atoms with Crippen molar-refractivity contribution in [3.8, 4) is 0 Å². The van der Waals surface area contributed by atoms with Crippen LogP contribution in [0.15, 0.2) is 30.3 Å². The van der Waals surface area contributed by atoms with Gasteiger partial charge in [0.15, 0.2) is 0 Å². The maximum Gasteiger partial charge on any atom is 0.249 e. The third-order valence-corrected chi connectivity index (χ3v) is 4.50. The number of carbonyl (C=O) groups excluding carboxylic acids is 2. The van der Waals surface area contributed by atoms with E-state index in [1.54, 1.807) is 11.8 Å². The molecule has 0 aromatic heterocycles. The van der Waals surface area contributed by atoms with E-state index in [1.807, 2.05) is 30.3 Å². The van der Waals surface area contributed by atoms with Crippen LogP contribution in [0, 0.1) is 0 Å². The summed E-state index contributed by atoms with van der Waals surface area (Å²) in [6.07, 6.45) is 1.08. The molecule has 2 aliphatic heterocycles. The van der Waals surface area contributed by atoms with Crippen LogP contribution in [-0.4, -0.2) is 55.2 Å². The second-order valence-electron chi connectivity index (χ2n) is 6.29. The Morgan fingerprint density at radius 3 is 2.71 bits per heavy atom. The van der Waals surface area contributed by atoms with Gasteiger partial charge in [-0.25, -0.2) is 0 Å². The standard InChI is InChI=1S/C18H24N2O4/c1-13(19-17(21)15-8-5-10-23-15)18(22)20-9-11-24-16(12-20)14-6-3-2-4-7-14/h2-4,6-7,13,15-16H,5,8-12H2,1H3,(H,19,21)/t13-,15?,16?/m1/s1. The molecule has 0 spiro atoms. The molecule has 1 aromatic carbocycles. The maximum absolute atomic E-state index is 12.6. The first-order valence-corrected chi connectivity index (χ1v) is 8.52. The zero-order valence-electron chi connectivity index (χ0n) is 13.9. The molecule has 1 N–H and O–H groups in total. The summed E-state index contributed by atoms with van der Waals surface area (Å²) in [4.78, 5) is 26.5. The summed E-state index contributed by atoms with van der Waals surface area (Å²) >= 11 is 0. The summed E-state index contributed by atoms with van der Waals surface area (Å²) in [5.41, 5.74) is 1.06. The topological polar surface area (TPSA) is 67.9 Å². The predicted octanol–water partition coefficient (Wildman–Crippen LogP) is 1.27. The quantitative estimate of drug-likeness (QED) is 0.902.